The molecule has 1 aliphatic carbocycles. The fourth-order valence-corrected chi connectivity index (χ4v) is 2.21. The number of alkyl carbamates (subject to hydrolysis) is 1. The number of hydrogen-bond donors (Lipinski definition) is 1. The van der Waals surface area contributed by atoms with Crippen molar-refractivity contribution in [2.45, 2.75) is 31.9 Å². The van der Waals surface area contributed by atoms with Crippen LogP contribution in [0, 0.1) is 0 Å². The Balaban J connectivity index is 1.76. The van der Waals surface area contributed by atoms with Crippen molar-refractivity contribution in [3.05, 3.63) is 47.4 Å². The second-order valence-corrected chi connectivity index (χ2v) is 5.03. The minimum Gasteiger partial charge on any atom is -0.445 e. The Bertz CT molecular complexity index is 517. The van der Waals surface area contributed by atoms with Gasteiger partial charge in [0.2, 0.25) is 0 Å². The zero-order chi connectivity index (χ0) is 15.3. The summed E-state index contributed by atoms with van der Waals surface area (Å²) in [6.45, 7) is -4.75. The number of benzene rings is 1. The Morgan fingerprint density at radius 2 is 2.00 bits per heavy atom. The van der Waals surface area contributed by atoms with Gasteiger partial charge in [-0.05, 0) is 18.4 Å². The molecule has 1 N–H and O–H groups in total. The van der Waals surface area contributed by atoms with Gasteiger partial charge in [0.25, 0.3) is 0 Å². The number of halogens is 3. The molecular formula is C14H16BF3NO2-. The van der Waals surface area contributed by atoms with Crippen LogP contribution in [-0.2, 0) is 11.3 Å². The van der Waals surface area contributed by atoms with Gasteiger partial charge in [-0.3, -0.25) is 0 Å². The lowest BCUT2D eigenvalue weighted by Crippen LogP contribution is -2.37. The SMILES string of the molecule is O=C(NC1CC=C([B-](F)(F)F)CC1)OCc1ccccc1. The molecule has 1 aromatic rings. The van der Waals surface area contributed by atoms with Crippen molar-refractivity contribution in [1.29, 1.82) is 0 Å². The van der Waals surface area contributed by atoms with Crippen molar-refractivity contribution in [2.24, 2.45) is 0 Å². The molecule has 0 fully saturated rings. The summed E-state index contributed by atoms with van der Waals surface area (Å²) in [5.74, 6) is 0. The quantitative estimate of drug-likeness (QED) is 0.859. The highest BCUT2D eigenvalue weighted by Gasteiger charge is 2.30. The molecule has 0 saturated carbocycles. The molecule has 0 heterocycles. The highest BCUT2D eigenvalue weighted by Crippen LogP contribution is 2.29. The summed E-state index contributed by atoms with van der Waals surface area (Å²) in [6, 6.07) is 8.89. The van der Waals surface area contributed by atoms with Gasteiger partial charge < -0.3 is 23.0 Å². The summed E-state index contributed by atoms with van der Waals surface area (Å²) >= 11 is 0. The smallest absolute Gasteiger partial charge is 0.445 e. The Kier molecular flexibility index (Phi) is 4.93. The topological polar surface area (TPSA) is 38.3 Å². The fourth-order valence-electron chi connectivity index (χ4n) is 2.21. The summed E-state index contributed by atoms with van der Waals surface area (Å²) in [7, 11) is 0. The number of allylic oxidation sites excluding steroid dienone is 1. The second kappa shape index (κ2) is 6.69. The van der Waals surface area contributed by atoms with Crippen LogP contribution in [0.4, 0.5) is 17.7 Å². The van der Waals surface area contributed by atoms with E-state index in [2.05, 4.69) is 5.32 Å². The summed E-state index contributed by atoms with van der Waals surface area (Å²) in [6.07, 6.45) is 1.00. The van der Waals surface area contributed by atoms with E-state index >= 15 is 0 Å². The maximum Gasteiger partial charge on any atom is 0.505 e. The highest BCUT2D eigenvalue weighted by atomic mass is 19.4. The van der Waals surface area contributed by atoms with Gasteiger partial charge in [-0.2, -0.15) is 0 Å². The Labute approximate surface area is 121 Å². The maximum atomic E-state index is 12.5. The molecule has 1 amide bonds. The predicted molar refractivity (Wildman–Crippen MR) is 74.6 cm³/mol. The molecule has 114 valence electrons. The predicted octanol–water partition coefficient (Wildman–Crippen LogP) is 3.78. The average Bonchev–Trinajstić information content (AvgIpc) is 2.46. The van der Waals surface area contributed by atoms with Gasteiger partial charge in [-0.15, -0.1) is 11.5 Å². The summed E-state index contributed by atoms with van der Waals surface area (Å²) in [5.41, 5.74) is 0.406. The Hall–Kier alpha value is -1.92. The number of rotatable bonds is 4. The molecule has 1 aliphatic rings. The lowest BCUT2D eigenvalue weighted by Gasteiger charge is -2.27. The monoisotopic (exact) mass is 298 g/mol. The van der Waals surface area contributed by atoms with E-state index in [4.69, 9.17) is 4.74 Å². The summed E-state index contributed by atoms with van der Waals surface area (Å²) in [4.78, 5) is 11.6. The van der Waals surface area contributed by atoms with E-state index in [0.29, 0.717) is 0 Å². The van der Waals surface area contributed by atoms with Gasteiger partial charge in [-0.1, -0.05) is 36.8 Å². The molecule has 0 aromatic heterocycles. The van der Waals surface area contributed by atoms with Gasteiger partial charge >= 0.3 is 13.1 Å². The molecule has 2 rings (SSSR count). The lowest BCUT2D eigenvalue weighted by molar-refractivity contribution is 0.135. The zero-order valence-corrected chi connectivity index (χ0v) is 11.4. The van der Waals surface area contributed by atoms with Crippen molar-refractivity contribution >= 4 is 13.1 Å². The van der Waals surface area contributed by atoms with Gasteiger partial charge in [0.1, 0.15) is 6.61 Å². The average molecular weight is 298 g/mol. The van der Waals surface area contributed by atoms with Crippen LogP contribution in [-0.4, -0.2) is 19.1 Å². The zero-order valence-electron chi connectivity index (χ0n) is 11.4. The first-order valence-corrected chi connectivity index (χ1v) is 6.81. The number of amides is 1. The molecule has 0 bridgehead atoms. The van der Waals surface area contributed by atoms with E-state index < -0.39 is 18.5 Å². The third-order valence-corrected chi connectivity index (χ3v) is 3.40. The number of carbonyl (C=O) groups is 1. The first-order valence-electron chi connectivity index (χ1n) is 6.81. The second-order valence-electron chi connectivity index (χ2n) is 5.03. The van der Waals surface area contributed by atoms with E-state index in [1.165, 1.54) is 6.08 Å². The highest BCUT2D eigenvalue weighted by molar-refractivity contribution is 6.66. The Morgan fingerprint density at radius 3 is 2.57 bits per heavy atom. The Morgan fingerprint density at radius 1 is 1.29 bits per heavy atom. The van der Waals surface area contributed by atoms with Gasteiger partial charge in [0.15, 0.2) is 0 Å². The van der Waals surface area contributed by atoms with Gasteiger partial charge in [-0.25, -0.2) is 4.79 Å². The molecule has 0 saturated heterocycles. The van der Waals surface area contributed by atoms with Crippen LogP contribution in [0.5, 0.6) is 0 Å². The largest absolute Gasteiger partial charge is 0.505 e. The van der Waals surface area contributed by atoms with Crippen molar-refractivity contribution in [3.8, 4) is 0 Å². The number of hydrogen-bond acceptors (Lipinski definition) is 2. The van der Waals surface area contributed by atoms with Crippen molar-refractivity contribution in [1.82, 2.24) is 5.32 Å². The van der Waals surface area contributed by atoms with Crippen molar-refractivity contribution in [2.75, 3.05) is 0 Å². The standard InChI is InChI=1S/C14H16BF3NO2/c16-15(17,18)12-6-8-13(9-7-12)19-14(20)21-10-11-4-2-1-3-5-11/h1-6,13H,7-10H2,(H,19,20)/q-1. The van der Waals surface area contributed by atoms with Crippen molar-refractivity contribution in [3.63, 3.8) is 0 Å². The van der Waals surface area contributed by atoms with Crippen LogP contribution >= 0.6 is 0 Å². The summed E-state index contributed by atoms with van der Waals surface area (Å²) < 4.78 is 42.6. The third kappa shape index (κ3) is 4.84. The number of nitrogens with one attached hydrogen (secondary N) is 1. The molecule has 1 atom stereocenters. The maximum absolute atomic E-state index is 12.5. The van der Waals surface area contributed by atoms with Gasteiger partial charge in [0.05, 0.1) is 0 Å². The third-order valence-electron chi connectivity index (χ3n) is 3.40. The molecule has 1 aromatic carbocycles. The van der Waals surface area contributed by atoms with Crippen LogP contribution < -0.4 is 5.32 Å². The van der Waals surface area contributed by atoms with Crippen molar-refractivity contribution < 1.29 is 22.5 Å². The van der Waals surface area contributed by atoms with Crippen LogP contribution in [0.3, 0.4) is 0 Å². The molecule has 3 nitrogen and oxygen atoms in total. The fraction of sp³-hybridized carbons (Fsp3) is 0.357. The first kappa shape index (κ1) is 15.5. The minimum atomic E-state index is -4.90. The molecule has 0 aliphatic heterocycles. The molecule has 7 heteroatoms. The van der Waals surface area contributed by atoms with Crippen LogP contribution in [0.2, 0.25) is 0 Å². The molecular weight excluding hydrogens is 282 g/mol. The lowest BCUT2D eigenvalue weighted by atomic mass is 9.72. The van der Waals surface area contributed by atoms with Crippen LogP contribution in [0.15, 0.2) is 41.9 Å². The van der Waals surface area contributed by atoms with Crippen LogP contribution in [0.1, 0.15) is 24.8 Å². The van der Waals surface area contributed by atoms with E-state index in [9.17, 15) is 17.7 Å². The van der Waals surface area contributed by atoms with Crippen LogP contribution in [0.25, 0.3) is 0 Å². The summed E-state index contributed by atoms with van der Waals surface area (Å²) in [5, 5.41) is 2.59. The number of ether oxygens (including phenoxy) is 1. The van der Waals surface area contributed by atoms with Gasteiger partial charge in [0, 0.05) is 6.04 Å². The molecule has 0 spiro atoms. The normalized spacial score (nSPS) is 18.8. The van der Waals surface area contributed by atoms with E-state index in [1.54, 1.807) is 0 Å². The van der Waals surface area contributed by atoms with E-state index in [1.807, 2.05) is 30.3 Å². The molecule has 21 heavy (non-hydrogen) atoms. The number of carbonyl (C=O) groups excluding carboxylic acids is 1. The molecule has 0 radical (unpaired) electrons. The minimum absolute atomic E-state index is 0.0485. The molecule has 1 unspecified atom stereocenters. The van der Waals surface area contributed by atoms with E-state index in [0.717, 1.165) is 5.56 Å². The first-order chi connectivity index (χ1) is 9.95. The van der Waals surface area contributed by atoms with E-state index in [-0.39, 0.29) is 31.9 Å².